The van der Waals surface area contributed by atoms with Gasteiger partial charge in [-0.1, -0.05) is 52.9 Å². The quantitative estimate of drug-likeness (QED) is 0.406. The summed E-state index contributed by atoms with van der Waals surface area (Å²) in [6, 6.07) is 0. The van der Waals surface area contributed by atoms with Crippen LogP contribution in [0, 0.1) is 11.8 Å². The van der Waals surface area contributed by atoms with Crippen LogP contribution in [0.3, 0.4) is 0 Å². The van der Waals surface area contributed by atoms with Crippen molar-refractivity contribution in [2.45, 2.75) is 59.3 Å². The first kappa shape index (κ1) is 13.7. The Morgan fingerprint density at radius 1 is 1.07 bits per heavy atom. The van der Waals surface area contributed by atoms with Crippen molar-refractivity contribution >= 4 is 6.21 Å². The van der Waals surface area contributed by atoms with Gasteiger partial charge in [0.1, 0.15) is 0 Å². The Morgan fingerprint density at radius 2 is 1.79 bits per heavy atom. The zero-order valence-corrected chi connectivity index (χ0v) is 10.4. The molecule has 0 bridgehead atoms. The first-order chi connectivity index (χ1) is 6.70. The van der Waals surface area contributed by atoms with E-state index in [0.29, 0.717) is 5.92 Å². The third kappa shape index (κ3) is 8.28. The minimum atomic E-state index is 0.661. The minimum Gasteiger partial charge on any atom is -0.301 e. The van der Waals surface area contributed by atoms with E-state index in [2.05, 4.69) is 32.0 Å². The first-order valence-corrected chi connectivity index (χ1v) is 6.13. The summed E-state index contributed by atoms with van der Waals surface area (Å²) in [5.41, 5.74) is 0. The molecule has 0 spiro atoms. The fourth-order valence-corrected chi connectivity index (χ4v) is 1.76. The lowest BCUT2D eigenvalue weighted by Crippen LogP contribution is -2.01. The molecule has 0 rings (SSSR count). The van der Waals surface area contributed by atoms with E-state index in [1.807, 2.05) is 7.05 Å². The number of unbranched alkanes of at least 4 members (excludes halogenated alkanes) is 2. The maximum atomic E-state index is 4.06. The molecular weight excluding hydrogens is 170 g/mol. The molecule has 0 radical (unpaired) electrons. The Kier molecular flexibility index (Phi) is 9.02. The predicted octanol–water partition coefficient (Wildman–Crippen LogP) is 4.32. The van der Waals surface area contributed by atoms with Gasteiger partial charge >= 0.3 is 0 Å². The van der Waals surface area contributed by atoms with E-state index in [4.69, 9.17) is 0 Å². The third-order valence-electron chi connectivity index (χ3n) is 2.82. The fourth-order valence-electron chi connectivity index (χ4n) is 1.76. The Hall–Kier alpha value is -0.330. The lowest BCUT2D eigenvalue weighted by Gasteiger charge is -2.12. The highest BCUT2D eigenvalue weighted by molar-refractivity contribution is 5.59. The van der Waals surface area contributed by atoms with Gasteiger partial charge in [-0.05, 0) is 18.3 Å². The molecule has 2 atom stereocenters. The SMILES string of the molecule is CCCCCC(C)CCC(C)C=NC. The van der Waals surface area contributed by atoms with Crippen LogP contribution in [0.25, 0.3) is 0 Å². The molecule has 0 aromatic heterocycles. The van der Waals surface area contributed by atoms with Crippen LogP contribution in [0.4, 0.5) is 0 Å². The number of hydrogen-bond acceptors (Lipinski definition) is 1. The monoisotopic (exact) mass is 197 g/mol. The minimum absolute atomic E-state index is 0.661. The molecule has 0 aromatic carbocycles. The fraction of sp³-hybridized carbons (Fsp3) is 0.923. The van der Waals surface area contributed by atoms with Gasteiger partial charge < -0.3 is 4.99 Å². The van der Waals surface area contributed by atoms with E-state index in [0.717, 1.165) is 5.92 Å². The van der Waals surface area contributed by atoms with Gasteiger partial charge in [0.25, 0.3) is 0 Å². The summed E-state index contributed by atoms with van der Waals surface area (Å²) in [6.07, 6.45) is 10.3. The molecule has 0 amide bonds. The van der Waals surface area contributed by atoms with E-state index in [1.54, 1.807) is 0 Å². The molecule has 0 aromatic rings. The van der Waals surface area contributed by atoms with E-state index in [-0.39, 0.29) is 0 Å². The molecule has 0 heterocycles. The maximum absolute atomic E-state index is 4.06. The van der Waals surface area contributed by atoms with Gasteiger partial charge in [-0.2, -0.15) is 0 Å². The molecule has 1 heteroatoms. The number of rotatable bonds is 8. The zero-order valence-electron chi connectivity index (χ0n) is 10.4. The Morgan fingerprint density at radius 3 is 2.36 bits per heavy atom. The lowest BCUT2D eigenvalue weighted by molar-refractivity contribution is 0.434. The van der Waals surface area contributed by atoms with Crippen molar-refractivity contribution < 1.29 is 0 Å². The van der Waals surface area contributed by atoms with E-state index < -0.39 is 0 Å². The highest BCUT2D eigenvalue weighted by Gasteiger charge is 2.04. The van der Waals surface area contributed by atoms with Gasteiger partial charge in [0.15, 0.2) is 0 Å². The van der Waals surface area contributed by atoms with Crippen LogP contribution in [0.5, 0.6) is 0 Å². The summed E-state index contributed by atoms with van der Waals surface area (Å²) in [7, 11) is 1.86. The third-order valence-corrected chi connectivity index (χ3v) is 2.82. The van der Waals surface area contributed by atoms with Crippen LogP contribution in [-0.4, -0.2) is 13.3 Å². The van der Waals surface area contributed by atoms with Gasteiger partial charge in [-0.15, -0.1) is 0 Å². The van der Waals surface area contributed by atoms with Crippen molar-refractivity contribution in [2.75, 3.05) is 7.05 Å². The standard InChI is InChI=1S/C13H27N/c1-5-6-7-8-12(2)9-10-13(3)11-14-4/h11-13H,5-10H2,1-4H3. The summed E-state index contributed by atoms with van der Waals surface area (Å²) >= 11 is 0. The zero-order chi connectivity index (χ0) is 10.8. The summed E-state index contributed by atoms with van der Waals surface area (Å²) in [5.74, 6) is 1.56. The topological polar surface area (TPSA) is 12.4 Å². The molecule has 0 saturated carbocycles. The molecule has 0 saturated heterocycles. The summed E-state index contributed by atoms with van der Waals surface area (Å²) in [4.78, 5) is 4.06. The highest BCUT2D eigenvalue weighted by atomic mass is 14.6. The predicted molar refractivity (Wildman–Crippen MR) is 66.1 cm³/mol. The van der Waals surface area contributed by atoms with Crippen LogP contribution in [-0.2, 0) is 0 Å². The van der Waals surface area contributed by atoms with Crippen LogP contribution in [0.2, 0.25) is 0 Å². The second-order valence-electron chi connectivity index (χ2n) is 4.56. The van der Waals surface area contributed by atoms with Crippen molar-refractivity contribution in [1.82, 2.24) is 0 Å². The van der Waals surface area contributed by atoms with Crippen molar-refractivity contribution in [3.05, 3.63) is 0 Å². The summed E-state index contributed by atoms with van der Waals surface area (Å²) in [5, 5.41) is 0. The molecular formula is C13H27N. The molecule has 84 valence electrons. The Bertz CT molecular complexity index is 140. The molecule has 14 heavy (non-hydrogen) atoms. The lowest BCUT2D eigenvalue weighted by atomic mass is 9.94. The van der Waals surface area contributed by atoms with Gasteiger partial charge in [0.2, 0.25) is 0 Å². The number of aliphatic imine (C=N–C) groups is 1. The van der Waals surface area contributed by atoms with E-state index in [9.17, 15) is 0 Å². The van der Waals surface area contributed by atoms with Crippen LogP contribution in [0.15, 0.2) is 4.99 Å². The van der Waals surface area contributed by atoms with Crippen molar-refractivity contribution in [1.29, 1.82) is 0 Å². The molecule has 0 aliphatic heterocycles. The van der Waals surface area contributed by atoms with Crippen molar-refractivity contribution in [2.24, 2.45) is 16.8 Å². The second-order valence-corrected chi connectivity index (χ2v) is 4.56. The maximum Gasteiger partial charge on any atom is 0.0273 e. The average Bonchev–Trinajstić information content (AvgIpc) is 2.16. The van der Waals surface area contributed by atoms with Gasteiger partial charge in [0, 0.05) is 13.3 Å². The van der Waals surface area contributed by atoms with E-state index in [1.165, 1.54) is 38.5 Å². The molecule has 1 nitrogen and oxygen atoms in total. The van der Waals surface area contributed by atoms with Crippen LogP contribution < -0.4 is 0 Å². The Labute approximate surface area is 90.0 Å². The van der Waals surface area contributed by atoms with Crippen molar-refractivity contribution in [3.63, 3.8) is 0 Å². The first-order valence-electron chi connectivity index (χ1n) is 6.13. The molecule has 0 fully saturated rings. The average molecular weight is 197 g/mol. The van der Waals surface area contributed by atoms with Gasteiger partial charge in [-0.3, -0.25) is 0 Å². The molecule has 0 N–H and O–H groups in total. The van der Waals surface area contributed by atoms with Crippen LogP contribution >= 0.6 is 0 Å². The normalized spacial score (nSPS) is 16.0. The van der Waals surface area contributed by atoms with Crippen LogP contribution in [0.1, 0.15) is 59.3 Å². The summed E-state index contributed by atoms with van der Waals surface area (Å²) < 4.78 is 0. The van der Waals surface area contributed by atoms with Gasteiger partial charge in [-0.25, -0.2) is 0 Å². The van der Waals surface area contributed by atoms with Crippen molar-refractivity contribution in [3.8, 4) is 0 Å². The largest absolute Gasteiger partial charge is 0.301 e. The molecule has 0 aliphatic rings. The van der Waals surface area contributed by atoms with Gasteiger partial charge in [0.05, 0.1) is 0 Å². The Balaban J connectivity index is 3.38. The number of nitrogens with zero attached hydrogens (tertiary/aromatic N) is 1. The summed E-state index contributed by atoms with van der Waals surface area (Å²) in [6.45, 7) is 6.90. The smallest absolute Gasteiger partial charge is 0.0273 e. The molecule has 2 unspecified atom stereocenters. The molecule has 0 aliphatic carbocycles. The highest BCUT2D eigenvalue weighted by Crippen LogP contribution is 2.17. The van der Waals surface area contributed by atoms with E-state index >= 15 is 0 Å². The number of hydrogen-bond donors (Lipinski definition) is 0. The second kappa shape index (κ2) is 9.23.